The first-order valence-electron chi connectivity index (χ1n) is 23.7. The molecule has 10 nitrogen and oxygen atoms in total. The average molecular weight is 1000 g/mol. The van der Waals surface area contributed by atoms with Gasteiger partial charge in [0.2, 0.25) is 0 Å². The molecule has 1 unspecified atom stereocenters. The summed E-state index contributed by atoms with van der Waals surface area (Å²) in [5, 5.41) is -1.10. The summed E-state index contributed by atoms with van der Waals surface area (Å²) in [5.74, 6) is 3.11. The Morgan fingerprint density at radius 3 is 1.07 bits per heavy atom. The molecule has 366 valence electrons. The summed E-state index contributed by atoms with van der Waals surface area (Å²) in [7, 11) is 2.23. The molecular formula is C61H53N3O7S2. The number of nitrogens with zero attached hydrogens (tertiary/aromatic N) is 3. The van der Waals surface area contributed by atoms with Gasteiger partial charge in [0.25, 0.3) is 10.1 Å². The van der Waals surface area contributed by atoms with Gasteiger partial charge in [-0.25, -0.2) is 0 Å². The van der Waals surface area contributed by atoms with Crippen molar-refractivity contribution in [2.45, 2.75) is 21.5 Å². The van der Waals surface area contributed by atoms with E-state index in [2.05, 4.69) is 99.6 Å². The third-order valence-electron chi connectivity index (χ3n) is 13.1. The van der Waals surface area contributed by atoms with Crippen LogP contribution in [0.3, 0.4) is 0 Å². The number of hydrogen-bond donors (Lipinski definition) is 1. The minimum atomic E-state index is -4.42. The van der Waals surface area contributed by atoms with E-state index >= 15 is 0 Å². The van der Waals surface area contributed by atoms with Crippen LogP contribution < -0.4 is 33.6 Å². The first kappa shape index (κ1) is 48.5. The number of rotatable bonds is 17. The summed E-state index contributed by atoms with van der Waals surface area (Å²) < 4.78 is 58.4. The average Bonchev–Trinajstić information content (AvgIpc) is 3.43. The molecule has 0 saturated carbocycles. The lowest BCUT2D eigenvalue weighted by Gasteiger charge is -2.34. The fraction of sp³-hybridized carbons (Fsp3) is 0.115. The number of benzene rings is 9. The number of fused-ring (bicyclic) bond motifs is 2. The van der Waals surface area contributed by atoms with E-state index in [1.54, 1.807) is 64.5 Å². The normalized spacial score (nSPS) is 12.3. The van der Waals surface area contributed by atoms with Crippen LogP contribution in [0, 0.1) is 0 Å². The zero-order valence-corrected chi connectivity index (χ0v) is 42.4. The smallest absolute Gasteiger partial charge is 0.272 e. The van der Waals surface area contributed by atoms with Gasteiger partial charge >= 0.3 is 0 Å². The van der Waals surface area contributed by atoms with Gasteiger partial charge in [0.05, 0.1) is 39.8 Å². The Kier molecular flexibility index (Phi) is 14.1. The molecule has 1 aliphatic heterocycles. The monoisotopic (exact) mass is 1000 g/mol. The molecule has 12 heteroatoms. The van der Waals surface area contributed by atoms with Crippen molar-refractivity contribution in [3.05, 3.63) is 218 Å². The molecule has 1 heterocycles. The minimum Gasteiger partial charge on any atom is -0.497 e. The van der Waals surface area contributed by atoms with Crippen molar-refractivity contribution < 1.29 is 31.9 Å². The maximum Gasteiger partial charge on any atom is 0.272 e. The third kappa shape index (κ3) is 10.5. The molecule has 1 atom stereocenters. The molecule has 0 aromatic heterocycles. The fourth-order valence-electron chi connectivity index (χ4n) is 9.31. The predicted octanol–water partition coefficient (Wildman–Crippen LogP) is 15.6. The lowest BCUT2D eigenvalue weighted by atomic mass is 10.0. The minimum absolute atomic E-state index is 0.163. The van der Waals surface area contributed by atoms with Crippen LogP contribution in [-0.4, -0.2) is 48.0 Å². The van der Waals surface area contributed by atoms with Crippen LogP contribution in [0.1, 0.15) is 17.2 Å². The molecule has 0 spiro atoms. The Hall–Kier alpha value is -8.16. The van der Waals surface area contributed by atoms with Gasteiger partial charge in [-0.3, -0.25) is 4.55 Å². The van der Waals surface area contributed by atoms with Crippen LogP contribution in [0.2, 0.25) is 0 Å². The highest BCUT2D eigenvalue weighted by Crippen LogP contribution is 2.51. The van der Waals surface area contributed by atoms with Crippen LogP contribution in [0.25, 0.3) is 22.3 Å². The second-order valence-corrected chi connectivity index (χ2v) is 20.1. The van der Waals surface area contributed by atoms with E-state index in [0.29, 0.717) is 12.1 Å². The van der Waals surface area contributed by atoms with E-state index in [9.17, 15) is 13.0 Å². The zero-order valence-electron chi connectivity index (χ0n) is 40.8. The van der Waals surface area contributed by atoms with Crippen molar-refractivity contribution in [2.75, 3.05) is 49.7 Å². The summed E-state index contributed by atoms with van der Waals surface area (Å²) in [6.07, 6.45) is 0.163. The van der Waals surface area contributed by atoms with E-state index in [1.165, 1.54) is 0 Å². The molecule has 9 aromatic carbocycles. The van der Waals surface area contributed by atoms with E-state index in [1.807, 2.05) is 103 Å². The van der Waals surface area contributed by atoms with Gasteiger partial charge in [0, 0.05) is 50.5 Å². The molecular weight excluding hydrogens is 951 g/mol. The summed E-state index contributed by atoms with van der Waals surface area (Å²) in [5.41, 5.74) is 12.5. The van der Waals surface area contributed by atoms with Gasteiger partial charge in [-0.05, 0) is 180 Å². The Morgan fingerprint density at radius 1 is 0.438 bits per heavy atom. The summed E-state index contributed by atoms with van der Waals surface area (Å²) in [6, 6.07) is 70.9. The highest BCUT2D eigenvalue weighted by molar-refractivity contribution is 7.99. The van der Waals surface area contributed by atoms with Crippen molar-refractivity contribution in [1.29, 1.82) is 0 Å². The standard InChI is InChI=1S/C61H53N3O7S2/c1-68-53-28-20-49(21-29-53)63(50-22-30-54(69-2)31-23-50)47-16-10-42(11-17-47)45-14-36-57-59(40-45)72-60-41-46(15-37-58(60)62(57)39-38-61(73(65,66)67)44-8-6-5-7-9-44)43-12-18-48(19-13-43)64(51-24-32-55(70-3)33-25-51)52-26-34-56(71-4)35-27-52/h5-37,40-41,61H,38-39H2,1-4H3,(H,65,66,67). The molecule has 0 radical (unpaired) electrons. The molecule has 0 amide bonds. The number of methoxy groups -OCH3 is 4. The van der Waals surface area contributed by atoms with E-state index < -0.39 is 15.4 Å². The largest absolute Gasteiger partial charge is 0.497 e. The molecule has 1 aliphatic rings. The van der Waals surface area contributed by atoms with Gasteiger partial charge < -0.3 is 33.6 Å². The van der Waals surface area contributed by atoms with E-state index in [4.69, 9.17) is 18.9 Å². The van der Waals surface area contributed by atoms with Crippen LogP contribution in [-0.2, 0) is 10.1 Å². The van der Waals surface area contributed by atoms with Gasteiger partial charge in [0.1, 0.15) is 28.2 Å². The van der Waals surface area contributed by atoms with Crippen molar-refractivity contribution in [3.8, 4) is 45.3 Å². The first-order chi connectivity index (χ1) is 35.6. The molecule has 0 saturated heterocycles. The molecule has 0 bridgehead atoms. The van der Waals surface area contributed by atoms with E-state index in [0.717, 1.165) is 101 Å². The van der Waals surface area contributed by atoms with Crippen LogP contribution in [0.15, 0.2) is 222 Å². The lowest BCUT2D eigenvalue weighted by Crippen LogP contribution is -2.25. The molecule has 0 fully saturated rings. The Balaban J connectivity index is 0.990. The maximum absolute atomic E-state index is 13.0. The van der Waals surface area contributed by atoms with Gasteiger partial charge in [-0.2, -0.15) is 8.42 Å². The molecule has 1 N–H and O–H groups in total. The first-order valence-corrected chi connectivity index (χ1v) is 26.0. The van der Waals surface area contributed by atoms with E-state index in [-0.39, 0.29) is 6.42 Å². The lowest BCUT2D eigenvalue weighted by molar-refractivity contribution is 0.414. The molecule has 10 rings (SSSR count). The topological polar surface area (TPSA) is 101 Å². The fourth-order valence-corrected chi connectivity index (χ4v) is 11.4. The third-order valence-corrected chi connectivity index (χ3v) is 15.4. The number of hydrogen-bond acceptors (Lipinski definition) is 10. The van der Waals surface area contributed by atoms with Crippen LogP contribution in [0.5, 0.6) is 23.0 Å². The molecule has 73 heavy (non-hydrogen) atoms. The van der Waals surface area contributed by atoms with Crippen molar-refractivity contribution in [2.24, 2.45) is 0 Å². The summed E-state index contributed by atoms with van der Waals surface area (Å²) in [4.78, 5) is 8.62. The molecule has 9 aromatic rings. The Labute approximate surface area is 431 Å². The van der Waals surface area contributed by atoms with Crippen molar-refractivity contribution >= 4 is 67.4 Å². The SMILES string of the molecule is COc1ccc(N(c2ccc(OC)cc2)c2ccc(-c3ccc4c(c3)Sc3cc(-c5ccc(N(c6ccc(OC)cc6)c6ccc(OC)cc6)cc5)ccc3N4CCC(c3ccccc3)S(=O)(=O)O)cc2)cc1. The number of anilines is 8. The van der Waals surface area contributed by atoms with Gasteiger partial charge in [-0.1, -0.05) is 78.5 Å². The van der Waals surface area contributed by atoms with Crippen molar-refractivity contribution in [1.82, 2.24) is 0 Å². The van der Waals surface area contributed by atoms with Crippen LogP contribution in [0.4, 0.5) is 45.5 Å². The molecule has 0 aliphatic carbocycles. The highest BCUT2D eigenvalue weighted by atomic mass is 32.2. The quantitative estimate of drug-likeness (QED) is 0.0883. The Bertz CT molecular complexity index is 3150. The zero-order chi connectivity index (χ0) is 50.5. The van der Waals surface area contributed by atoms with Gasteiger partial charge in [-0.15, -0.1) is 0 Å². The van der Waals surface area contributed by atoms with Crippen molar-refractivity contribution in [3.63, 3.8) is 0 Å². The second-order valence-electron chi connectivity index (χ2n) is 17.4. The Morgan fingerprint density at radius 2 is 0.753 bits per heavy atom. The summed E-state index contributed by atoms with van der Waals surface area (Å²) >= 11 is 1.69. The highest BCUT2D eigenvalue weighted by Gasteiger charge is 2.30. The predicted molar refractivity (Wildman–Crippen MR) is 296 cm³/mol. The van der Waals surface area contributed by atoms with Gasteiger partial charge in [0.15, 0.2) is 0 Å². The second kappa shape index (κ2) is 21.3. The maximum atomic E-state index is 13.0. The van der Waals surface area contributed by atoms with Crippen LogP contribution >= 0.6 is 11.8 Å². The number of ether oxygens (including phenoxy) is 4. The summed E-state index contributed by atoms with van der Waals surface area (Å²) in [6.45, 7) is 0.334.